The van der Waals surface area contributed by atoms with Crippen LogP contribution in [0.15, 0.2) is 103 Å². The number of hydrogen-bond acceptors (Lipinski definition) is 21. The number of phenolic OH excluding ortho intramolecular Hbond substituents is 1. The molecule has 37 heteroatoms. The summed E-state index contributed by atoms with van der Waals surface area (Å²) < 4.78 is 11.3. The Hall–Kier alpha value is -12.3. The molecule has 5 aromatic rings. The lowest BCUT2D eigenvalue weighted by atomic mass is 10.0. The van der Waals surface area contributed by atoms with Gasteiger partial charge in [-0.3, -0.25) is 67.1 Å². The minimum absolute atomic E-state index is 0.191. The lowest BCUT2D eigenvalue weighted by Crippen LogP contribution is -2.62. The molecule has 0 aliphatic carbocycles. The van der Waals surface area contributed by atoms with Gasteiger partial charge in [0.2, 0.25) is 59.1 Å². The Morgan fingerprint density at radius 2 is 1.21 bits per heavy atom. The molecular formula is C67H80N14O23. The fourth-order valence-corrected chi connectivity index (χ4v) is 11.0. The van der Waals surface area contributed by atoms with Crippen molar-refractivity contribution in [1.29, 1.82) is 0 Å². The Balaban J connectivity index is 1.36. The van der Waals surface area contributed by atoms with Crippen LogP contribution in [-0.4, -0.2) is 215 Å². The van der Waals surface area contributed by atoms with Crippen molar-refractivity contribution in [2.75, 3.05) is 13.2 Å². The fraction of sp³-hybridized carbons (Fsp3) is 0.388. The molecule has 2 aliphatic rings. The number of carbonyl (C=O) groups is 15. The summed E-state index contributed by atoms with van der Waals surface area (Å²) in [5, 5.41) is 88.1. The van der Waals surface area contributed by atoms with E-state index in [4.69, 9.17) is 15.2 Å². The number of H-pyrrole nitrogens is 2. The molecule has 2 aromatic heterocycles. The molecule has 7 rings (SSSR count). The summed E-state index contributed by atoms with van der Waals surface area (Å²) in [4.78, 5) is 215. The molecule has 2 aliphatic heterocycles. The highest BCUT2D eigenvalue weighted by molar-refractivity contribution is 6.04. The van der Waals surface area contributed by atoms with Gasteiger partial charge in [0.1, 0.15) is 71.9 Å². The van der Waals surface area contributed by atoms with Gasteiger partial charge in [-0.05, 0) is 68.2 Å². The van der Waals surface area contributed by atoms with Gasteiger partial charge >= 0.3 is 23.9 Å². The number of para-hydroxylation sites is 2. The lowest BCUT2D eigenvalue weighted by molar-refractivity contribution is -0.150. The first-order valence-electron chi connectivity index (χ1n) is 32.5. The molecule has 104 heavy (non-hydrogen) atoms. The Morgan fingerprint density at radius 1 is 0.663 bits per heavy atom. The van der Waals surface area contributed by atoms with Gasteiger partial charge in [-0.25, -0.2) is 4.79 Å². The second-order valence-electron chi connectivity index (χ2n) is 24.4. The van der Waals surface area contributed by atoms with E-state index < -0.39 is 225 Å². The minimum atomic E-state index is -2.30. The molecule has 556 valence electrons. The van der Waals surface area contributed by atoms with Crippen molar-refractivity contribution < 1.29 is 112 Å². The first kappa shape index (κ1) is 79.1. The van der Waals surface area contributed by atoms with Crippen LogP contribution in [0, 0.1) is 0 Å². The van der Waals surface area contributed by atoms with Crippen molar-refractivity contribution in [1.82, 2.24) is 68.5 Å². The van der Waals surface area contributed by atoms with Crippen molar-refractivity contribution in [3.05, 3.63) is 120 Å². The maximum Gasteiger partial charge on any atom is 0.355 e. The number of carbonyl (C=O) groups excluding carboxylic acids is 12. The van der Waals surface area contributed by atoms with E-state index in [0.717, 1.165) is 44.2 Å². The minimum Gasteiger partial charge on any atom is -0.508 e. The van der Waals surface area contributed by atoms with Crippen molar-refractivity contribution in [2.45, 2.75) is 151 Å². The topological polar surface area (TPSA) is 589 Å². The van der Waals surface area contributed by atoms with E-state index >= 15 is 9.59 Å². The number of carboxylic acids is 3. The van der Waals surface area contributed by atoms with Gasteiger partial charge in [-0.1, -0.05) is 68.5 Å². The number of aliphatic hydroxyl groups excluding tert-OH is 2. The summed E-state index contributed by atoms with van der Waals surface area (Å²) in [5.41, 5.74) is 5.65. The van der Waals surface area contributed by atoms with Crippen molar-refractivity contribution >= 4 is 117 Å². The number of amides is 11. The van der Waals surface area contributed by atoms with E-state index in [2.05, 4.69) is 75.0 Å². The quantitative estimate of drug-likeness (QED) is 0.0192. The van der Waals surface area contributed by atoms with E-state index in [1.165, 1.54) is 12.4 Å². The average Bonchev–Trinajstić information content (AvgIpc) is 1.59. The number of fused-ring (bicyclic) bond motifs is 2. The van der Waals surface area contributed by atoms with Gasteiger partial charge in [-0.2, -0.15) is 0 Å². The number of epoxide rings is 1. The van der Waals surface area contributed by atoms with E-state index in [0.29, 0.717) is 34.6 Å². The van der Waals surface area contributed by atoms with Gasteiger partial charge in [0.05, 0.1) is 44.6 Å². The summed E-state index contributed by atoms with van der Waals surface area (Å²) in [6.07, 6.45) is -5.91. The Kier molecular flexibility index (Phi) is 27.7. The third-order valence-corrected chi connectivity index (χ3v) is 16.4. The Labute approximate surface area is 590 Å². The van der Waals surface area contributed by atoms with Crippen LogP contribution in [0.5, 0.6) is 5.75 Å². The highest BCUT2D eigenvalue weighted by Crippen LogP contribution is 2.27. The summed E-state index contributed by atoms with van der Waals surface area (Å²) in [6.45, 7) is 5.91. The zero-order chi connectivity index (χ0) is 76.2. The summed E-state index contributed by atoms with van der Waals surface area (Å²) in [5.74, 6) is -21.3. The average molecular weight is 1450 g/mol. The number of aliphatic hydroxyl groups is 2. The number of aromatic nitrogens is 2. The van der Waals surface area contributed by atoms with Crippen LogP contribution >= 0.6 is 0 Å². The summed E-state index contributed by atoms with van der Waals surface area (Å²) in [7, 11) is 0. The van der Waals surface area contributed by atoms with Gasteiger partial charge in [-0.15, -0.1) is 0 Å². The number of aromatic hydroxyl groups is 1. The van der Waals surface area contributed by atoms with E-state index in [-0.39, 0.29) is 28.1 Å². The highest BCUT2D eigenvalue weighted by Gasteiger charge is 2.46. The SMILES string of the molecule is C=C1CNC(=O)[C@H](CC(=O)O)NC(=O)[C@@H](c2ccc(O)cc2)NC(=O)[C@H](CC(=O)O)NC(=O)[C@H](CC(=O)O)NC(=O)[C@@H](Cc2c[nH]c3ccccc23)NC(=O)[C@H](NC(=O)C(CO)NC(=O)C2OC2CCC)[C@H](C)OC(=O)/C(=C\c2c[nH]c3ccccc23)NC(=O)[C@H](CCC(N)=O)NC(=O)C([C@@H](C)O)N1. The summed E-state index contributed by atoms with van der Waals surface area (Å²) >= 11 is 0. The van der Waals surface area contributed by atoms with Crippen LogP contribution in [-0.2, 0) is 87.8 Å². The van der Waals surface area contributed by atoms with Crippen molar-refractivity contribution in [3.8, 4) is 5.75 Å². The number of carboxylic acid groups (broad SMARTS) is 3. The number of nitrogens with two attached hydrogens (primary N) is 1. The highest BCUT2D eigenvalue weighted by atomic mass is 16.6. The molecule has 4 unspecified atom stereocenters. The fourth-order valence-electron chi connectivity index (χ4n) is 11.0. The molecule has 21 N–H and O–H groups in total. The third kappa shape index (κ3) is 22.1. The van der Waals surface area contributed by atoms with Gasteiger partial charge < -0.3 is 114 Å². The Bertz CT molecular complexity index is 4130. The molecule has 11 amide bonds. The standard InChI is InChI=1S/C67H80N14O23/c1-5-10-48-56(104-48)66(101)79-47(29-82)62(97)80-54-32(4)103-67(102)46(22-35-28-70-40-14-9-7-12-38(35)40)78-58(93)41(19-20-49(68)85)73-63(98)53(31(3)83)72-30(2)26-71-57(92)43(23-50(86)87)77-65(100)55(33-15-17-36(84)18-16-33)81-61(96)45(25-52(90)91)75-60(95)44(24-51(88)89)74-59(94)42(76-64(54)99)21-34-27-69-39-13-8-6-11-37(34)39/h6-9,11-18,22,27-28,31-32,41-45,47-48,53-56,69-70,72,82-84H,2,5,10,19-21,23-26,29H2,1,3-4H3,(H2,68,85)(H,71,92)(H,73,98)(H,74,94)(H,75,95)(H,76,99)(H,77,100)(H,78,93)(H,79,101)(H,80,97)(H,81,96)(H,86,87)(H,88,89)(H,90,91)/b46-22+/t31-,32+,41+,42-,43+,44+,45+,47?,48?,53?,54-,55-,56?/m1/s1. The Morgan fingerprint density at radius 3 is 1.81 bits per heavy atom. The number of primary amides is 1. The third-order valence-electron chi connectivity index (χ3n) is 16.4. The number of esters is 1. The number of nitrogens with one attached hydrogen (secondary N) is 13. The zero-order valence-corrected chi connectivity index (χ0v) is 56.1. The smallest absolute Gasteiger partial charge is 0.355 e. The molecule has 4 heterocycles. The van der Waals surface area contributed by atoms with E-state index in [1.807, 2.05) is 6.92 Å². The molecule has 0 spiro atoms. The van der Waals surface area contributed by atoms with E-state index in [1.54, 1.807) is 48.5 Å². The second kappa shape index (κ2) is 36.4. The second-order valence-corrected chi connectivity index (χ2v) is 24.4. The van der Waals surface area contributed by atoms with Gasteiger partial charge in [0.15, 0.2) is 6.10 Å². The van der Waals surface area contributed by atoms with E-state index in [9.17, 15) is 93.0 Å². The van der Waals surface area contributed by atoms with Crippen LogP contribution in [0.25, 0.3) is 27.9 Å². The maximum absolute atomic E-state index is 15.3. The van der Waals surface area contributed by atoms with Crippen LogP contribution in [0.3, 0.4) is 0 Å². The van der Waals surface area contributed by atoms with Gasteiger partial charge in [0, 0.05) is 58.3 Å². The van der Waals surface area contributed by atoms with Crippen LogP contribution < -0.4 is 64.2 Å². The molecule has 13 atom stereocenters. The van der Waals surface area contributed by atoms with Crippen LogP contribution in [0.1, 0.15) is 88.4 Å². The molecule has 0 radical (unpaired) electrons. The molecule has 37 nitrogen and oxygen atoms in total. The molecule has 0 bridgehead atoms. The number of phenols is 1. The number of rotatable bonds is 21. The number of aliphatic carboxylic acids is 3. The number of aromatic amines is 2. The molecule has 2 saturated heterocycles. The van der Waals surface area contributed by atoms with Crippen LogP contribution in [0.4, 0.5) is 0 Å². The first-order chi connectivity index (χ1) is 49.3. The lowest BCUT2D eigenvalue weighted by Gasteiger charge is -2.29. The van der Waals surface area contributed by atoms with Crippen molar-refractivity contribution in [3.63, 3.8) is 0 Å². The molecule has 3 aromatic carbocycles. The predicted octanol–water partition coefficient (Wildman–Crippen LogP) is -3.53. The number of benzene rings is 3. The molecule has 2 fully saturated rings. The zero-order valence-electron chi connectivity index (χ0n) is 56.1. The number of ether oxygens (including phenoxy) is 2. The molecular weight excluding hydrogens is 1370 g/mol. The predicted molar refractivity (Wildman–Crippen MR) is 361 cm³/mol. The van der Waals surface area contributed by atoms with Gasteiger partial charge in [0.25, 0.3) is 5.91 Å². The normalized spacial score (nSPS) is 24.2. The van der Waals surface area contributed by atoms with Crippen LogP contribution in [0.2, 0.25) is 0 Å². The molecule has 0 saturated carbocycles. The maximum atomic E-state index is 15.3. The summed E-state index contributed by atoms with van der Waals surface area (Å²) in [6, 6.07) is -1.18. The first-order valence-corrected chi connectivity index (χ1v) is 32.5. The largest absolute Gasteiger partial charge is 0.508 e. The van der Waals surface area contributed by atoms with Crippen molar-refractivity contribution in [2.24, 2.45) is 5.73 Å². The number of cyclic esters (lactones) is 1. The monoisotopic (exact) mass is 1450 g/mol. The number of hydrogen-bond donors (Lipinski definition) is 20.